The molecule has 1 aliphatic heterocycles. The molecule has 0 aromatic heterocycles. The normalized spacial score (nSPS) is 19.0. The lowest BCUT2D eigenvalue weighted by molar-refractivity contribution is -0.0881. The van der Waals surface area contributed by atoms with E-state index >= 15 is 0 Å². The van der Waals surface area contributed by atoms with Crippen molar-refractivity contribution < 1.29 is 14.3 Å². The van der Waals surface area contributed by atoms with Crippen molar-refractivity contribution in [1.82, 2.24) is 5.32 Å². The highest BCUT2D eigenvalue weighted by atomic mass is 16.7. The van der Waals surface area contributed by atoms with E-state index in [2.05, 4.69) is 5.32 Å². The van der Waals surface area contributed by atoms with Gasteiger partial charge >= 0.3 is 5.97 Å². The van der Waals surface area contributed by atoms with E-state index in [0.717, 1.165) is 10.8 Å². The van der Waals surface area contributed by atoms with Crippen molar-refractivity contribution in [2.75, 3.05) is 13.2 Å². The molecule has 4 nitrogen and oxygen atoms in total. The molecule has 1 heterocycles. The van der Waals surface area contributed by atoms with Crippen LogP contribution in [0.3, 0.4) is 0 Å². The topological polar surface area (TPSA) is 47.6 Å². The molecule has 1 atom stereocenters. The van der Waals surface area contributed by atoms with Crippen molar-refractivity contribution in [1.29, 1.82) is 0 Å². The molecule has 92 valence electrons. The van der Waals surface area contributed by atoms with Gasteiger partial charge in [-0.25, -0.2) is 4.79 Å². The van der Waals surface area contributed by atoms with E-state index in [-0.39, 0.29) is 5.97 Å². The average Bonchev–Trinajstić information content (AvgIpc) is 2.91. The molecule has 18 heavy (non-hydrogen) atoms. The lowest BCUT2D eigenvalue weighted by Crippen LogP contribution is -2.28. The van der Waals surface area contributed by atoms with E-state index in [4.69, 9.17) is 9.47 Å². The number of esters is 1. The molecule has 1 unspecified atom stereocenters. The van der Waals surface area contributed by atoms with Gasteiger partial charge in [0.2, 0.25) is 0 Å². The molecule has 2 aromatic carbocycles. The zero-order chi connectivity index (χ0) is 12.4. The molecular weight excluding hydrogens is 230 g/mol. The standard InChI is InChI=1S/C14H13NO3/c16-13(18-14-15-8-9-17-14)12-7-3-5-10-4-1-2-6-11(10)12/h1-7,14-15H,8-9H2. The van der Waals surface area contributed by atoms with E-state index in [9.17, 15) is 4.79 Å². The summed E-state index contributed by atoms with van der Waals surface area (Å²) in [6.45, 7) is 1.26. The number of hydrogen-bond donors (Lipinski definition) is 1. The highest BCUT2D eigenvalue weighted by Crippen LogP contribution is 2.19. The maximum absolute atomic E-state index is 12.1. The van der Waals surface area contributed by atoms with Gasteiger partial charge in [0, 0.05) is 6.54 Å². The van der Waals surface area contributed by atoms with Crippen molar-refractivity contribution in [3.8, 4) is 0 Å². The molecule has 1 saturated heterocycles. The lowest BCUT2D eigenvalue weighted by Gasteiger charge is -2.12. The molecule has 1 aliphatic rings. The lowest BCUT2D eigenvalue weighted by atomic mass is 10.1. The van der Waals surface area contributed by atoms with Gasteiger partial charge < -0.3 is 9.47 Å². The summed E-state index contributed by atoms with van der Waals surface area (Å²) < 4.78 is 10.4. The van der Waals surface area contributed by atoms with Gasteiger partial charge in [0.05, 0.1) is 12.2 Å². The van der Waals surface area contributed by atoms with Crippen LogP contribution in [-0.2, 0) is 9.47 Å². The van der Waals surface area contributed by atoms with Crippen LogP contribution < -0.4 is 5.32 Å². The Balaban J connectivity index is 1.91. The molecule has 0 aliphatic carbocycles. The first-order valence-corrected chi connectivity index (χ1v) is 5.88. The molecule has 3 rings (SSSR count). The molecular formula is C14H13NO3. The number of carbonyl (C=O) groups excluding carboxylic acids is 1. The molecule has 2 aromatic rings. The fraction of sp³-hybridized carbons (Fsp3) is 0.214. The van der Waals surface area contributed by atoms with Crippen LogP contribution >= 0.6 is 0 Å². The van der Waals surface area contributed by atoms with Crippen molar-refractivity contribution >= 4 is 16.7 Å². The Hall–Kier alpha value is -1.91. The number of nitrogens with one attached hydrogen (secondary N) is 1. The number of ether oxygens (including phenoxy) is 2. The molecule has 1 fully saturated rings. The molecule has 0 saturated carbocycles. The Bertz CT molecular complexity index is 571. The third-order valence-electron chi connectivity index (χ3n) is 2.91. The van der Waals surface area contributed by atoms with E-state index in [1.165, 1.54) is 0 Å². The minimum atomic E-state index is -0.628. The monoisotopic (exact) mass is 243 g/mol. The van der Waals surface area contributed by atoms with Crippen molar-refractivity contribution in [2.24, 2.45) is 0 Å². The molecule has 4 heteroatoms. The summed E-state index contributed by atoms with van der Waals surface area (Å²) in [5, 5.41) is 4.85. The molecule has 0 amide bonds. The Kier molecular flexibility index (Phi) is 2.96. The van der Waals surface area contributed by atoms with Crippen LogP contribution in [0.5, 0.6) is 0 Å². The number of carbonyl (C=O) groups is 1. The first-order chi connectivity index (χ1) is 8.84. The van der Waals surface area contributed by atoms with Crippen molar-refractivity contribution in [3.05, 3.63) is 48.0 Å². The van der Waals surface area contributed by atoms with Crippen LogP contribution in [0, 0.1) is 0 Å². The number of benzene rings is 2. The van der Waals surface area contributed by atoms with Crippen LogP contribution in [0.4, 0.5) is 0 Å². The minimum Gasteiger partial charge on any atom is -0.418 e. The van der Waals surface area contributed by atoms with Crippen LogP contribution in [-0.4, -0.2) is 25.5 Å². The summed E-state index contributed by atoms with van der Waals surface area (Å²) >= 11 is 0. The van der Waals surface area contributed by atoms with Gasteiger partial charge in [-0.05, 0) is 16.8 Å². The van der Waals surface area contributed by atoms with Crippen LogP contribution in [0.25, 0.3) is 10.8 Å². The smallest absolute Gasteiger partial charge is 0.342 e. The average molecular weight is 243 g/mol. The SMILES string of the molecule is O=C(OC1NCCO1)c1cccc2ccccc12. The second-order valence-electron chi connectivity index (χ2n) is 4.09. The maximum Gasteiger partial charge on any atom is 0.342 e. The fourth-order valence-electron chi connectivity index (χ4n) is 2.04. The highest BCUT2D eigenvalue weighted by molar-refractivity contribution is 6.04. The predicted molar refractivity (Wildman–Crippen MR) is 67.1 cm³/mol. The van der Waals surface area contributed by atoms with E-state index < -0.39 is 6.41 Å². The van der Waals surface area contributed by atoms with Gasteiger partial charge in [0.25, 0.3) is 6.41 Å². The summed E-state index contributed by atoms with van der Waals surface area (Å²) in [6.07, 6.45) is -0.628. The molecule has 0 spiro atoms. The molecule has 0 bridgehead atoms. The summed E-state index contributed by atoms with van der Waals surface area (Å²) in [5.74, 6) is -0.369. The quantitative estimate of drug-likeness (QED) is 0.818. The van der Waals surface area contributed by atoms with Gasteiger partial charge in [-0.1, -0.05) is 36.4 Å². The van der Waals surface area contributed by atoms with Gasteiger partial charge in [0.1, 0.15) is 0 Å². The second-order valence-corrected chi connectivity index (χ2v) is 4.09. The van der Waals surface area contributed by atoms with Gasteiger partial charge in [-0.15, -0.1) is 0 Å². The van der Waals surface area contributed by atoms with E-state index in [1.807, 2.05) is 36.4 Å². The summed E-state index contributed by atoms with van der Waals surface area (Å²) in [4.78, 5) is 12.1. The summed E-state index contributed by atoms with van der Waals surface area (Å²) in [7, 11) is 0. The number of rotatable bonds is 2. The molecule has 0 radical (unpaired) electrons. The fourth-order valence-corrected chi connectivity index (χ4v) is 2.04. The number of fused-ring (bicyclic) bond motifs is 1. The largest absolute Gasteiger partial charge is 0.418 e. The first-order valence-electron chi connectivity index (χ1n) is 5.88. The highest BCUT2D eigenvalue weighted by Gasteiger charge is 2.20. The Morgan fingerprint density at radius 1 is 1.22 bits per heavy atom. The van der Waals surface area contributed by atoms with Crippen molar-refractivity contribution in [3.63, 3.8) is 0 Å². The van der Waals surface area contributed by atoms with Crippen molar-refractivity contribution in [2.45, 2.75) is 6.41 Å². The third-order valence-corrected chi connectivity index (χ3v) is 2.91. The Morgan fingerprint density at radius 3 is 2.89 bits per heavy atom. The first kappa shape index (κ1) is 11.2. The maximum atomic E-state index is 12.1. The van der Waals surface area contributed by atoms with E-state index in [0.29, 0.717) is 18.7 Å². The molecule has 1 N–H and O–H groups in total. The van der Waals surface area contributed by atoms with Crippen LogP contribution in [0.15, 0.2) is 42.5 Å². The Labute approximate surface area is 105 Å². The van der Waals surface area contributed by atoms with Crippen LogP contribution in [0.1, 0.15) is 10.4 Å². The summed E-state index contributed by atoms with van der Waals surface area (Å²) in [6, 6.07) is 13.3. The third kappa shape index (κ3) is 2.08. The van der Waals surface area contributed by atoms with Gasteiger partial charge in [0.15, 0.2) is 0 Å². The predicted octanol–water partition coefficient (Wildman–Crippen LogP) is 1.90. The zero-order valence-electron chi connectivity index (χ0n) is 9.76. The zero-order valence-corrected chi connectivity index (χ0v) is 9.76. The minimum absolute atomic E-state index is 0.369. The number of hydrogen-bond acceptors (Lipinski definition) is 4. The van der Waals surface area contributed by atoms with Gasteiger partial charge in [-0.2, -0.15) is 0 Å². The second kappa shape index (κ2) is 4.76. The van der Waals surface area contributed by atoms with E-state index in [1.54, 1.807) is 6.07 Å². The Morgan fingerprint density at radius 2 is 2.06 bits per heavy atom. The summed E-state index contributed by atoms with van der Waals surface area (Å²) in [5.41, 5.74) is 0.561. The van der Waals surface area contributed by atoms with Gasteiger partial charge in [-0.3, -0.25) is 5.32 Å². The van der Waals surface area contributed by atoms with Crippen LogP contribution in [0.2, 0.25) is 0 Å².